The van der Waals surface area contributed by atoms with Crippen LogP contribution in [0.5, 0.6) is 0 Å². The maximum Gasteiger partial charge on any atom is 0.256 e. The van der Waals surface area contributed by atoms with Gasteiger partial charge in [-0.15, -0.1) is 11.8 Å². The third-order valence-corrected chi connectivity index (χ3v) is 8.18. The van der Waals surface area contributed by atoms with E-state index < -0.39 is 16.8 Å². The fourth-order valence-electron chi connectivity index (χ4n) is 4.63. The first-order valence-electron chi connectivity index (χ1n) is 11.5. The van der Waals surface area contributed by atoms with Gasteiger partial charge in [0.2, 0.25) is 11.8 Å². The number of nitrogens with one attached hydrogen (secondary N) is 2. The lowest BCUT2D eigenvalue weighted by molar-refractivity contribution is -0.133. The Balaban J connectivity index is 1.53. The average Bonchev–Trinajstić information content (AvgIpc) is 3.24. The van der Waals surface area contributed by atoms with Gasteiger partial charge in [0.25, 0.3) is 5.91 Å². The van der Waals surface area contributed by atoms with Gasteiger partial charge in [-0.1, -0.05) is 68.8 Å². The molecule has 0 unspecified atom stereocenters. The van der Waals surface area contributed by atoms with Gasteiger partial charge in [0, 0.05) is 16.9 Å². The highest BCUT2D eigenvalue weighted by atomic mass is 32.2. The Morgan fingerprint density at radius 1 is 1.09 bits per heavy atom. The molecule has 4 rings (SSSR count). The minimum atomic E-state index is -0.675. The zero-order valence-corrected chi connectivity index (χ0v) is 20.3. The molecule has 0 bridgehead atoms. The number of fused-ring (bicyclic) bond motifs is 3. The van der Waals surface area contributed by atoms with E-state index in [9.17, 15) is 14.4 Å². The molecule has 3 amide bonds. The zero-order chi connectivity index (χ0) is 23.8. The van der Waals surface area contributed by atoms with Crippen molar-refractivity contribution in [3.8, 4) is 0 Å². The van der Waals surface area contributed by atoms with Gasteiger partial charge in [-0.3, -0.25) is 14.4 Å². The number of rotatable bonds is 7. The van der Waals surface area contributed by atoms with Crippen LogP contribution in [-0.4, -0.2) is 39.5 Å². The van der Waals surface area contributed by atoms with E-state index in [-0.39, 0.29) is 29.0 Å². The molecule has 1 saturated heterocycles. The van der Waals surface area contributed by atoms with Crippen molar-refractivity contribution in [2.24, 2.45) is 5.92 Å². The summed E-state index contributed by atoms with van der Waals surface area (Å²) in [5.74, 6) is -0.666. The van der Waals surface area contributed by atoms with Crippen LogP contribution in [0.1, 0.15) is 61.0 Å². The molecule has 2 N–H and O–H groups in total. The molecule has 0 aromatic heterocycles. The van der Waals surface area contributed by atoms with Gasteiger partial charge in [0.05, 0.1) is 0 Å². The van der Waals surface area contributed by atoms with Crippen molar-refractivity contribution in [1.29, 1.82) is 0 Å². The maximum absolute atomic E-state index is 13.6. The average molecular weight is 466 g/mol. The number of carbonyl (C=O) groups is 3. The molecule has 2 aromatic rings. The Bertz CT molecular complexity index is 1060. The molecule has 2 heterocycles. The van der Waals surface area contributed by atoms with Crippen LogP contribution >= 0.6 is 11.8 Å². The minimum absolute atomic E-state index is 0.0517. The first-order valence-corrected chi connectivity index (χ1v) is 12.3. The van der Waals surface area contributed by atoms with Gasteiger partial charge in [-0.2, -0.15) is 0 Å². The van der Waals surface area contributed by atoms with Crippen molar-refractivity contribution in [3.63, 3.8) is 0 Å². The van der Waals surface area contributed by atoms with Crippen LogP contribution in [0.2, 0.25) is 0 Å². The summed E-state index contributed by atoms with van der Waals surface area (Å²) in [5.41, 5.74) is 2.61. The van der Waals surface area contributed by atoms with Crippen molar-refractivity contribution in [1.82, 2.24) is 15.5 Å². The molecular formula is C26H31N3O3S. The smallest absolute Gasteiger partial charge is 0.256 e. The number of hydrogen-bond acceptors (Lipinski definition) is 4. The van der Waals surface area contributed by atoms with Crippen molar-refractivity contribution >= 4 is 29.5 Å². The number of carbonyl (C=O) groups excluding carboxylic acids is 3. The van der Waals surface area contributed by atoms with Crippen molar-refractivity contribution in [2.45, 2.75) is 62.9 Å². The van der Waals surface area contributed by atoms with E-state index in [1.54, 1.807) is 16.7 Å². The molecule has 0 spiro atoms. The van der Waals surface area contributed by atoms with Crippen LogP contribution in [0, 0.1) is 5.92 Å². The molecule has 2 aromatic carbocycles. The van der Waals surface area contributed by atoms with E-state index in [4.69, 9.17) is 0 Å². The Morgan fingerprint density at radius 3 is 2.45 bits per heavy atom. The number of thioether (sulfide) groups is 1. The predicted molar refractivity (Wildman–Crippen MR) is 130 cm³/mol. The van der Waals surface area contributed by atoms with E-state index in [0.29, 0.717) is 12.1 Å². The van der Waals surface area contributed by atoms with Crippen LogP contribution in [0.15, 0.2) is 54.6 Å². The standard InChI is InChI=1S/C26H31N3O3S/c1-5-16(2)20(22(30)27-15-17-11-7-6-8-12-17)28-23(31)21-26(3,4)33-25-19-14-10-9-13-18(19)24(32)29(21)25/h6-14,16,20-21,25H,5,15H2,1-4H3,(H,27,30)(H,28,31)/t16-,20-,21+,25+/m0/s1. The third kappa shape index (κ3) is 4.38. The highest BCUT2D eigenvalue weighted by Crippen LogP contribution is 2.56. The molecule has 1 fully saturated rings. The molecule has 0 saturated carbocycles. The molecule has 2 aliphatic heterocycles. The van der Waals surface area contributed by atoms with Crippen molar-refractivity contribution in [3.05, 3.63) is 71.3 Å². The van der Waals surface area contributed by atoms with Crippen LogP contribution in [0.3, 0.4) is 0 Å². The molecule has 6 nitrogen and oxygen atoms in total. The summed E-state index contributed by atoms with van der Waals surface area (Å²) in [4.78, 5) is 41.6. The summed E-state index contributed by atoms with van der Waals surface area (Å²) in [6, 6.07) is 15.9. The fraction of sp³-hybridized carbons (Fsp3) is 0.423. The normalized spacial score (nSPS) is 22.3. The summed E-state index contributed by atoms with van der Waals surface area (Å²) >= 11 is 1.62. The van der Waals surface area contributed by atoms with Gasteiger partial charge < -0.3 is 15.5 Å². The number of hydrogen-bond donors (Lipinski definition) is 2. The van der Waals surface area contributed by atoms with Crippen LogP contribution in [0.25, 0.3) is 0 Å². The predicted octanol–water partition coefficient (Wildman–Crippen LogP) is 3.88. The Labute approximate surface area is 199 Å². The second kappa shape index (κ2) is 9.21. The molecule has 33 heavy (non-hydrogen) atoms. The molecule has 2 aliphatic rings. The van der Waals surface area contributed by atoms with E-state index >= 15 is 0 Å². The molecule has 4 atom stereocenters. The van der Waals surface area contributed by atoms with Crippen molar-refractivity contribution in [2.75, 3.05) is 0 Å². The molecular weight excluding hydrogens is 434 g/mol. The lowest BCUT2D eigenvalue weighted by Crippen LogP contribution is -2.58. The van der Waals surface area contributed by atoms with E-state index in [1.807, 2.05) is 82.3 Å². The molecule has 174 valence electrons. The van der Waals surface area contributed by atoms with E-state index in [1.165, 1.54) is 0 Å². The van der Waals surface area contributed by atoms with Crippen LogP contribution in [0.4, 0.5) is 0 Å². The second-order valence-electron chi connectivity index (χ2n) is 9.35. The molecule has 0 radical (unpaired) electrons. The Kier molecular flexibility index (Phi) is 6.52. The van der Waals surface area contributed by atoms with Gasteiger partial charge in [0.1, 0.15) is 17.5 Å². The summed E-state index contributed by atoms with van der Waals surface area (Å²) in [6.07, 6.45) is 0.739. The summed E-state index contributed by atoms with van der Waals surface area (Å²) in [7, 11) is 0. The van der Waals surface area contributed by atoms with Crippen LogP contribution in [-0.2, 0) is 16.1 Å². The second-order valence-corrected chi connectivity index (χ2v) is 11.1. The zero-order valence-electron chi connectivity index (χ0n) is 19.5. The lowest BCUT2D eigenvalue weighted by atomic mass is 9.95. The van der Waals surface area contributed by atoms with Gasteiger partial charge in [-0.25, -0.2) is 0 Å². The quantitative estimate of drug-likeness (QED) is 0.651. The third-order valence-electron chi connectivity index (χ3n) is 6.65. The van der Waals surface area contributed by atoms with Gasteiger partial charge in [-0.05, 0) is 37.0 Å². The first kappa shape index (κ1) is 23.4. The van der Waals surface area contributed by atoms with E-state index in [0.717, 1.165) is 17.5 Å². The van der Waals surface area contributed by atoms with Crippen LogP contribution < -0.4 is 10.6 Å². The highest BCUT2D eigenvalue weighted by molar-refractivity contribution is 8.01. The summed E-state index contributed by atoms with van der Waals surface area (Å²) in [5, 5.41) is 5.78. The van der Waals surface area contributed by atoms with Gasteiger partial charge in [0.15, 0.2) is 0 Å². The lowest BCUT2D eigenvalue weighted by Gasteiger charge is -2.32. The number of amides is 3. The Morgan fingerprint density at radius 2 is 1.76 bits per heavy atom. The minimum Gasteiger partial charge on any atom is -0.350 e. The maximum atomic E-state index is 13.6. The topological polar surface area (TPSA) is 78.5 Å². The van der Waals surface area contributed by atoms with Crippen molar-refractivity contribution < 1.29 is 14.4 Å². The summed E-state index contributed by atoms with van der Waals surface area (Å²) in [6.45, 7) is 8.34. The fourth-order valence-corrected chi connectivity index (χ4v) is 6.22. The first-order chi connectivity index (χ1) is 15.7. The number of nitrogens with zero attached hydrogens (tertiary/aromatic N) is 1. The number of benzene rings is 2. The SMILES string of the molecule is CC[C@H](C)[C@H](NC(=O)[C@H]1N2C(=O)c3ccccc3[C@H]2SC1(C)C)C(=O)NCc1ccccc1. The monoisotopic (exact) mass is 465 g/mol. The molecule has 0 aliphatic carbocycles. The highest BCUT2D eigenvalue weighted by Gasteiger charge is 2.57. The Hall–Kier alpha value is -2.80. The largest absolute Gasteiger partial charge is 0.350 e. The molecule has 7 heteroatoms. The van der Waals surface area contributed by atoms with E-state index in [2.05, 4.69) is 10.6 Å². The van der Waals surface area contributed by atoms with Gasteiger partial charge >= 0.3 is 0 Å². The summed E-state index contributed by atoms with van der Waals surface area (Å²) < 4.78 is -0.488.